The molecular formula is C57H59N3O. The zero-order valence-electron chi connectivity index (χ0n) is 45.5. The molecule has 0 aliphatic rings. The molecule has 0 unspecified atom stereocenters. The summed E-state index contributed by atoms with van der Waals surface area (Å²) in [6, 6.07) is 41.2. The number of benzene rings is 6. The second-order valence-corrected chi connectivity index (χ2v) is 18.6. The van der Waals surface area contributed by atoms with Crippen molar-refractivity contribution in [1.29, 1.82) is 0 Å². The normalized spacial score (nSPS) is 15.1. The molecule has 308 valence electrons. The maximum absolute atomic E-state index is 11.8. The molecule has 8 aromatic rings. The molecule has 0 saturated carbocycles. The molecule has 0 radical (unpaired) electrons. The van der Waals surface area contributed by atoms with Gasteiger partial charge in [-0.05, 0) is 136 Å². The third-order valence-corrected chi connectivity index (χ3v) is 11.6. The first-order valence-corrected chi connectivity index (χ1v) is 20.8. The summed E-state index contributed by atoms with van der Waals surface area (Å²) < 4.78 is 75.8. The SMILES string of the molecule is [2H]C([2H])([2H])C(c1ccc(-c2ccnc(-c3cc(-c4cccc5c4nc(-c4cc(C)cc(C)c4O)n5-c4ccc(C)cc4-c4ccc(C(C)(C)C)cc4)cc(C(C)(C)C)c3)c2)cc1)(C([2H])([2H])[2H])C([2H])([2H])[2H]. The lowest BCUT2D eigenvalue weighted by Crippen LogP contribution is -2.11. The Bertz CT molecular complexity index is 3240. The highest BCUT2D eigenvalue weighted by Crippen LogP contribution is 2.43. The van der Waals surface area contributed by atoms with Gasteiger partial charge in [0.25, 0.3) is 0 Å². The molecule has 0 saturated heterocycles. The van der Waals surface area contributed by atoms with Crippen LogP contribution in [-0.2, 0) is 16.2 Å². The van der Waals surface area contributed by atoms with Gasteiger partial charge in [-0.25, -0.2) is 4.98 Å². The highest BCUT2D eigenvalue weighted by Gasteiger charge is 2.25. The molecule has 0 spiro atoms. The quantitative estimate of drug-likeness (QED) is 0.182. The van der Waals surface area contributed by atoms with E-state index in [1.165, 1.54) is 17.7 Å². The predicted molar refractivity (Wildman–Crippen MR) is 258 cm³/mol. The topological polar surface area (TPSA) is 50.9 Å². The number of phenolic OH excluding ortho intramolecular Hbond substituents is 1. The van der Waals surface area contributed by atoms with E-state index < -0.39 is 26.0 Å². The standard InChI is InChI=1S/C57H59N3O/c1-35-16-25-50(47(29-35)39-19-23-44(24-20-39)56(7,8)9)60-51-15-13-14-46(52(51)59-54(60)48-30-36(2)28-37(3)53(48)61)41-31-42(33-45(32-41)57(10,11)12)49-34-40(26-27-58-49)38-17-21-43(22-18-38)55(4,5)6/h13-34,61H,1-12H3/i4D3,5D3,6D3. The van der Waals surface area contributed by atoms with Crippen LogP contribution in [0, 0.1) is 20.8 Å². The summed E-state index contributed by atoms with van der Waals surface area (Å²) in [5.74, 6) is 0.764. The molecule has 6 aromatic carbocycles. The summed E-state index contributed by atoms with van der Waals surface area (Å²) in [6.45, 7) is 9.02. The Morgan fingerprint density at radius 3 is 1.84 bits per heavy atom. The molecule has 61 heavy (non-hydrogen) atoms. The Morgan fingerprint density at radius 1 is 0.525 bits per heavy atom. The number of hydrogen-bond donors (Lipinski definition) is 1. The molecule has 0 atom stereocenters. The fourth-order valence-corrected chi connectivity index (χ4v) is 8.16. The third-order valence-electron chi connectivity index (χ3n) is 11.6. The fraction of sp³-hybridized carbons (Fsp3) is 0.263. The number of fused-ring (bicyclic) bond motifs is 1. The van der Waals surface area contributed by atoms with Crippen LogP contribution >= 0.6 is 0 Å². The first kappa shape index (κ1) is 31.6. The van der Waals surface area contributed by atoms with Crippen molar-refractivity contribution in [2.24, 2.45) is 0 Å². The number of aromatic hydroxyl groups is 1. The molecule has 0 aliphatic carbocycles. The van der Waals surface area contributed by atoms with Crippen molar-refractivity contribution in [1.82, 2.24) is 14.5 Å². The number of hydrogen-bond acceptors (Lipinski definition) is 3. The van der Waals surface area contributed by atoms with Gasteiger partial charge in [0.05, 0.1) is 28.0 Å². The Morgan fingerprint density at radius 2 is 1.16 bits per heavy atom. The van der Waals surface area contributed by atoms with Crippen molar-refractivity contribution in [3.8, 4) is 67.5 Å². The van der Waals surface area contributed by atoms with Gasteiger partial charge in [-0.15, -0.1) is 0 Å². The zero-order chi connectivity index (χ0) is 51.1. The monoisotopic (exact) mass is 811 g/mol. The smallest absolute Gasteiger partial charge is 0.149 e. The molecule has 0 fully saturated rings. The van der Waals surface area contributed by atoms with Crippen LogP contribution in [0.2, 0.25) is 0 Å². The van der Waals surface area contributed by atoms with E-state index in [2.05, 4.69) is 126 Å². The van der Waals surface area contributed by atoms with Crippen LogP contribution in [-0.4, -0.2) is 19.6 Å². The van der Waals surface area contributed by atoms with E-state index in [1.807, 2.05) is 38.1 Å². The molecular weight excluding hydrogens is 743 g/mol. The van der Waals surface area contributed by atoms with Crippen LogP contribution in [0.3, 0.4) is 0 Å². The summed E-state index contributed by atoms with van der Waals surface area (Å²) in [4.78, 5) is 10.3. The largest absolute Gasteiger partial charge is 0.507 e. The number of imidazole rings is 1. The minimum absolute atomic E-state index is 0.0126. The highest BCUT2D eigenvalue weighted by molar-refractivity contribution is 5.98. The van der Waals surface area contributed by atoms with Gasteiger partial charge >= 0.3 is 0 Å². The van der Waals surface area contributed by atoms with E-state index in [0.717, 1.165) is 66.8 Å². The summed E-state index contributed by atoms with van der Waals surface area (Å²) in [5.41, 5.74) is 11.2. The van der Waals surface area contributed by atoms with E-state index in [9.17, 15) is 5.11 Å². The van der Waals surface area contributed by atoms with Gasteiger partial charge in [-0.1, -0.05) is 147 Å². The van der Waals surface area contributed by atoms with Crippen molar-refractivity contribution >= 4 is 11.0 Å². The number of pyridine rings is 1. The van der Waals surface area contributed by atoms with E-state index >= 15 is 0 Å². The van der Waals surface area contributed by atoms with Crippen molar-refractivity contribution in [2.75, 3.05) is 0 Å². The number of aryl methyl sites for hydroxylation is 3. The lowest BCUT2D eigenvalue weighted by atomic mass is 9.83. The Hall–Kier alpha value is -6.26. The molecule has 2 aromatic heterocycles. The van der Waals surface area contributed by atoms with Crippen LogP contribution < -0.4 is 0 Å². The number of aromatic nitrogens is 3. The van der Waals surface area contributed by atoms with Crippen molar-refractivity contribution in [3.63, 3.8) is 0 Å². The van der Waals surface area contributed by atoms with Gasteiger partial charge in [-0.3, -0.25) is 9.55 Å². The maximum Gasteiger partial charge on any atom is 0.149 e. The van der Waals surface area contributed by atoms with E-state index in [1.54, 1.807) is 24.4 Å². The van der Waals surface area contributed by atoms with E-state index in [4.69, 9.17) is 22.3 Å². The maximum atomic E-state index is 11.8. The van der Waals surface area contributed by atoms with Gasteiger partial charge in [0.1, 0.15) is 11.6 Å². The first-order valence-electron chi connectivity index (χ1n) is 25.3. The second kappa shape index (κ2) is 15.3. The summed E-state index contributed by atoms with van der Waals surface area (Å²) in [5, 5.41) is 11.8. The van der Waals surface area contributed by atoms with Crippen molar-refractivity contribution in [3.05, 3.63) is 167 Å². The van der Waals surface area contributed by atoms with Crippen LogP contribution in [0.4, 0.5) is 0 Å². The lowest BCUT2D eigenvalue weighted by molar-refractivity contribution is 0.472. The second-order valence-electron chi connectivity index (χ2n) is 18.6. The van der Waals surface area contributed by atoms with Gasteiger partial charge in [0.15, 0.2) is 0 Å². The third kappa shape index (κ3) is 8.16. The zero-order valence-corrected chi connectivity index (χ0v) is 36.5. The number of para-hydroxylation sites is 1. The summed E-state index contributed by atoms with van der Waals surface area (Å²) >= 11 is 0. The summed E-state index contributed by atoms with van der Waals surface area (Å²) in [7, 11) is 0. The Kier molecular flexibility index (Phi) is 7.94. The van der Waals surface area contributed by atoms with Crippen LogP contribution in [0.25, 0.3) is 72.7 Å². The molecule has 0 aliphatic heterocycles. The average molecular weight is 811 g/mol. The van der Waals surface area contributed by atoms with Crippen molar-refractivity contribution in [2.45, 2.75) is 99.1 Å². The molecule has 1 N–H and O–H groups in total. The van der Waals surface area contributed by atoms with Gasteiger partial charge in [-0.2, -0.15) is 0 Å². The van der Waals surface area contributed by atoms with Crippen molar-refractivity contribution < 1.29 is 17.4 Å². The minimum Gasteiger partial charge on any atom is -0.507 e. The molecule has 2 heterocycles. The van der Waals surface area contributed by atoms with Crippen LogP contribution in [0.15, 0.2) is 134 Å². The van der Waals surface area contributed by atoms with E-state index in [-0.39, 0.29) is 22.1 Å². The molecule has 0 amide bonds. The molecule has 0 bridgehead atoms. The minimum atomic E-state index is -3.36. The Labute approximate surface area is 375 Å². The van der Waals surface area contributed by atoms with E-state index in [0.29, 0.717) is 28.2 Å². The van der Waals surface area contributed by atoms with Crippen LogP contribution in [0.5, 0.6) is 5.75 Å². The Balaban J connectivity index is 1.32. The first-order chi connectivity index (χ1) is 32.5. The molecule has 4 nitrogen and oxygen atoms in total. The number of nitrogens with zero attached hydrogens (tertiary/aromatic N) is 3. The fourth-order valence-electron chi connectivity index (χ4n) is 8.16. The molecule has 4 heteroatoms. The molecule has 8 rings (SSSR count). The predicted octanol–water partition coefficient (Wildman–Crippen LogP) is 15.3. The summed E-state index contributed by atoms with van der Waals surface area (Å²) in [6.07, 6.45) is 1.68. The number of phenols is 1. The van der Waals surface area contributed by atoms with Gasteiger partial charge in [0.2, 0.25) is 0 Å². The van der Waals surface area contributed by atoms with Gasteiger partial charge in [0, 0.05) is 35.2 Å². The number of rotatable bonds is 6. The lowest BCUT2D eigenvalue weighted by Gasteiger charge is -2.22. The van der Waals surface area contributed by atoms with Gasteiger partial charge < -0.3 is 5.11 Å². The highest BCUT2D eigenvalue weighted by atomic mass is 16.3. The van der Waals surface area contributed by atoms with Crippen LogP contribution in [0.1, 0.15) is 108 Å². The average Bonchev–Trinajstić information content (AvgIpc) is 3.65.